The molecule has 0 radical (unpaired) electrons. The van der Waals surface area contributed by atoms with Gasteiger partial charge < -0.3 is 60.6 Å². The molecular weight excluding hydrogens is 548 g/mol. The number of ether oxygens (including phenoxy) is 3. The second kappa shape index (κ2) is 15.4. The normalized spacial score (nSPS) is 33.5. The molecule has 2 aliphatic heterocycles. The highest BCUT2D eigenvalue weighted by Crippen LogP contribution is 2.28. The Bertz CT molecular complexity index is 1040. The van der Waals surface area contributed by atoms with Crippen LogP contribution >= 0.6 is 0 Å². The largest absolute Gasteiger partial charge is 0.394 e. The van der Waals surface area contributed by atoms with Gasteiger partial charge in [-0.25, -0.2) is 0 Å². The summed E-state index contributed by atoms with van der Waals surface area (Å²) in [6.45, 7) is -1.05. The maximum atomic E-state index is 12.4. The van der Waals surface area contributed by atoms with Crippen LogP contribution in [0.15, 0.2) is 24.3 Å². The second-order valence-electron chi connectivity index (χ2n) is 9.84. The van der Waals surface area contributed by atoms with E-state index in [2.05, 4.69) is 15.6 Å². The Balaban J connectivity index is 1.41. The number of nitrogens with zero attached hydrogens (tertiary/aromatic N) is 2. The third-order valence-corrected chi connectivity index (χ3v) is 6.92. The van der Waals surface area contributed by atoms with Crippen molar-refractivity contribution in [1.29, 1.82) is 5.39 Å². The first-order valence-corrected chi connectivity index (χ1v) is 13.2. The molecule has 0 aliphatic carbocycles. The maximum absolute atomic E-state index is 12.4. The van der Waals surface area contributed by atoms with Crippen LogP contribution in [0.25, 0.3) is 4.98 Å². The van der Waals surface area contributed by atoms with Crippen LogP contribution in [0.4, 0.5) is 5.69 Å². The van der Waals surface area contributed by atoms with E-state index in [0.29, 0.717) is 37.1 Å². The predicted octanol–water partition coefficient (Wildman–Crippen LogP) is -2.80. The van der Waals surface area contributed by atoms with Gasteiger partial charge in [-0.15, -0.1) is 0 Å². The first kappa shape index (κ1) is 32.7. The van der Waals surface area contributed by atoms with Crippen LogP contribution in [-0.4, -0.2) is 129 Å². The molecule has 2 aliphatic rings. The molecule has 2 heterocycles. The molecule has 0 bridgehead atoms. The number of rotatable bonds is 12. The molecule has 0 saturated carbocycles. The van der Waals surface area contributed by atoms with Gasteiger partial charge in [-0.3, -0.25) is 9.59 Å². The molecular formula is C25H37N4O12+. The molecule has 16 nitrogen and oxygen atoms in total. The second-order valence-corrected chi connectivity index (χ2v) is 9.84. The minimum atomic E-state index is -1.78. The van der Waals surface area contributed by atoms with Crippen LogP contribution < -0.4 is 10.6 Å². The number of hydrogen-bond acceptors (Lipinski definition) is 13. The van der Waals surface area contributed by atoms with Crippen LogP contribution in [-0.2, 0) is 19.0 Å². The number of benzene rings is 1. The zero-order valence-corrected chi connectivity index (χ0v) is 22.1. The average molecular weight is 586 g/mol. The van der Waals surface area contributed by atoms with Crippen LogP contribution in [0.1, 0.15) is 36.0 Å². The van der Waals surface area contributed by atoms with E-state index in [0.717, 1.165) is 0 Å². The Morgan fingerprint density at radius 3 is 2.17 bits per heavy atom. The van der Waals surface area contributed by atoms with Crippen LogP contribution in [0.5, 0.6) is 0 Å². The fourth-order valence-corrected chi connectivity index (χ4v) is 4.51. The number of aliphatic hydroxyl groups excluding tert-OH is 7. The van der Waals surface area contributed by atoms with Crippen molar-refractivity contribution in [2.75, 3.05) is 19.8 Å². The maximum Gasteiger partial charge on any atom is 0.385 e. The molecule has 1 aromatic carbocycles. The van der Waals surface area contributed by atoms with E-state index in [1.165, 1.54) is 24.3 Å². The molecule has 2 saturated heterocycles. The Labute approximate surface area is 235 Å². The van der Waals surface area contributed by atoms with E-state index in [1.54, 1.807) is 0 Å². The molecule has 10 atom stereocenters. The standard InChI is InChI=1S/C25H36N4O12/c26-29-13-7-5-12(6-8-13)23(38)27-9-3-1-2-4-16(32)28-24-20(36)19(35)22(15(11-31)39-24)41-25-21(37)18(34)17(33)14(10-30)40-25/h5-8,14-15,17-22,24-25,30-31,33-37H,1-4,9-11H2,(H-,27,28,32,38)/p+1/t14-,15-,17-,18+,19-,20-,21-,22-,24-,25+/m1/s1. The van der Waals surface area contributed by atoms with Crippen molar-refractivity contribution in [1.82, 2.24) is 10.6 Å². The fourth-order valence-electron chi connectivity index (χ4n) is 4.51. The summed E-state index contributed by atoms with van der Waals surface area (Å²) in [6.07, 6.45) is -14.0. The number of hydrogen-bond donors (Lipinski definition) is 9. The smallest absolute Gasteiger partial charge is 0.385 e. The summed E-state index contributed by atoms with van der Waals surface area (Å²) in [5.41, 5.74) is 0.737. The fraction of sp³-hybridized carbons (Fsp3) is 0.680. The number of amides is 2. The van der Waals surface area contributed by atoms with Crippen molar-refractivity contribution >= 4 is 17.5 Å². The molecule has 41 heavy (non-hydrogen) atoms. The summed E-state index contributed by atoms with van der Waals surface area (Å²) in [5, 5.41) is 84.2. The quantitative estimate of drug-likeness (QED) is 0.0888. The summed E-state index contributed by atoms with van der Waals surface area (Å²) >= 11 is 0. The topological polar surface area (TPSA) is 256 Å². The minimum Gasteiger partial charge on any atom is -0.394 e. The van der Waals surface area contributed by atoms with E-state index >= 15 is 0 Å². The summed E-state index contributed by atoms with van der Waals surface area (Å²) in [5.74, 6) is -0.786. The molecule has 9 N–H and O–H groups in total. The molecule has 2 amide bonds. The van der Waals surface area contributed by atoms with Crippen molar-refractivity contribution in [3.63, 3.8) is 0 Å². The van der Waals surface area contributed by atoms with Gasteiger partial charge >= 0.3 is 5.69 Å². The zero-order valence-electron chi connectivity index (χ0n) is 22.1. The van der Waals surface area contributed by atoms with Crippen LogP contribution in [0.3, 0.4) is 0 Å². The van der Waals surface area contributed by atoms with Gasteiger partial charge in [0.2, 0.25) is 11.3 Å². The molecule has 3 rings (SSSR count). The minimum absolute atomic E-state index is 0.0529. The summed E-state index contributed by atoms with van der Waals surface area (Å²) < 4.78 is 16.3. The van der Waals surface area contributed by atoms with Gasteiger partial charge in [0.15, 0.2) is 17.5 Å². The SMILES string of the molecule is N#[N+]c1ccc(C(=O)NCCCCCC(=O)N[C@@H]2O[C@H](CO)[C@@H](O[C@@H]3O[C@H](CO)[C@@H](O)[C@H](O)[C@H]3O)[C@H](O)[C@H]2O)cc1. The van der Waals surface area contributed by atoms with E-state index < -0.39 is 80.5 Å². The van der Waals surface area contributed by atoms with Crippen molar-refractivity contribution in [3.8, 4) is 0 Å². The Morgan fingerprint density at radius 1 is 0.854 bits per heavy atom. The van der Waals surface area contributed by atoms with Gasteiger partial charge in [0.1, 0.15) is 48.8 Å². The molecule has 2 fully saturated rings. The lowest BCUT2D eigenvalue weighted by Crippen LogP contribution is -2.66. The van der Waals surface area contributed by atoms with Crippen LogP contribution in [0.2, 0.25) is 0 Å². The van der Waals surface area contributed by atoms with Crippen molar-refractivity contribution in [2.24, 2.45) is 0 Å². The first-order valence-electron chi connectivity index (χ1n) is 13.2. The van der Waals surface area contributed by atoms with E-state index in [4.69, 9.17) is 19.6 Å². The average Bonchev–Trinajstić information content (AvgIpc) is 2.98. The molecule has 16 heteroatoms. The summed E-state index contributed by atoms with van der Waals surface area (Å²) in [6, 6.07) is 6.04. The monoisotopic (exact) mass is 585 g/mol. The molecule has 1 aromatic rings. The highest BCUT2D eigenvalue weighted by molar-refractivity contribution is 5.94. The highest BCUT2D eigenvalue weighted by Gasteiger charge is 2.50. The summed E-state index contributed by atoms with van der Waals surface area (Å²) in [4.78, 5) is 27.6. The summed E-state index contributed by atoms with van der Waals surface area (Å²) in [7, 11) is 0. The van der Waals surface area contributed by atoms with Gasteiger partial charge in [0.05, 0.1) is 13.2 Å². The Hall–Kier alpha value is -2.82. The Morgan fingerprint density at radius 2 is 1.54 bits per heavy atom. The molecule has 0 unspecified atom stereocenters. The van der Waals surface area contributed by atoms with Crippen molar-refractivity contribution in [3.05, 3.63) is 34.8 Å². The van der Waals surface area contributed by atoms with Gasteiger partial charge in [-0.05, 0) is 25.0 Å². The van der Waals surface area contributed by atoms with E-state index in [-0.39, 0.29) is 12.3 Å². The third-order valence-electron chi connectivity index (χ3n) is 6.92. The van der Waals surface area contributed by atoms with E-state index in [1.807, 2.05) is 0 Å². The lowest BCUT2D eigenvalue weighted by molar-refractivity contribution is -0.343. The number of diazo groups is 1. The van der Waals surface area contributed by atoms with Crippen molar-refractivity contribution in [2.45, 2.75) is 87.0 Å². The molecule has 0 spiro atoms. The van der Waals surface area contributed by atoms with Gasteiger partial charge in [0.25, 0.3) is 5.91 Å². The number of carbonyl (C=O) groups is 2. The number of unbranched alkanes of at least 4 members (excludes halogenated alkanes) is 2. The molecule has 228 valence electrons. The number of aliphatic hydroxyl groups is 7. The predicted molar refractivity (Wildman–Crippen MR) is 137 cm³/mol. The number of carbonyl (C=O) groups excluding carboxylic acids is 2. The highest BCUT2D eigenvalue weighted by atomic mass is 16.7. The van der Waals surface area contributed by atoms with Gasteiger partial charge in [0, 0.05) is 30.7 Å². The first-order chi connectivity index (χ1) is 19.6. The van der Waals surface area contributed by atoms with E-state index in [9.17, 15) is 45.3 Å². The van der Waals surface area contributed by atoms with Gasteiger partial charge in [-0.2, -0.15) is 0 Å². The Kier molecular flexibility index (Phi) is 12.3. The van der Waals surface area contributed by atoms with Crippen molar-refractivity contribution < 1.29 is 59.5 Å². The third kappa shape index (κ3) is 8.36. The van der Waals surface area contributed by atoms with Gasteiger partial charge in [-0.1, -0.05) is 6.42 Å². The van der Waals surface area contributed by atoms with Crippen LogP contribution in [0, 0.1) is 5.39 Å². The lowest BCUT2D eigenvalue weighted by Gasteiger charge is -2.46. The molecule has 0 aromatic heterocycles. The number of nitrogens with one attached hydrogen (secondary N) is 2. The lowest BCUT2D eigenvalue weighted by atomic mass is 9.96. The zero-order chi connectivity index (χ0) is 30.1.